The fourth-order valence-electron chi connectivity index (χ4n) is 1.70. The predicted molar refractivity (Wildman–Crippen MR) is 66.0 cm³/mol. The van der Waals surface area contributed by atoms with Crippen LogP contribution in [-0.4, -0.2) is 23.2 Å². The van der Waals surface area contributed by atoms with Gasteiger partial charge in [0.15, 0.2) is 0 Å². The van der Waals surface area contributed by atoms with Crippen LogP contribution in [0.25, 0.3) is 11.3 Å². The van der Waals surface area contributed by atoms with Crippen molar-refractivity contribution < 1.29 is 19.0 Å². The number of aromatic nitrogens is 1. The molecule has 0 aliphatic heterocycles. The SMILES string of the molecule is COc1ccc(F)cc1-c1cc(C(=O)O)cc(=O)[nH]1. The average molecular weight is 263 g/mol. The molecule has 5 nitrogen and oxygen atoms in total. The Bertz CT molecular complexity index is 693. The highest BCUT2D eigenvalue weighted by atomic mass is 19.1. The lowest BCUT2D eigenvalue weighted by Gasteiger charge is -2.09. The molecule has 1 heterocycles. The molecule has 98 valence electrons. The lowest BCUT2D eigenvalue weighted by atomic mass is 10.1. The van der Waals surface area contributed by atoms with E-state index in [1.54, 1.807) is 0 Å². The number of benzene rings is 1. The summed E-state index contributed by atoms with van der Waals surface area (Å²) < 4.78 is 18.3. The van der Waals surface area contributed by atoms with Gasteiger partial charge in [-0.3, -0.25) is 4.79 Å². The number of carboxylic acids is 1. The molecule has 19 heavy (non-hydrogen) atoms. The van der Waals surface area contributed by atoms with Crippen LogP contribution >= 0.6 is 0 Å². The van der Waals surface area contributed by atoms with Gasteiger partial charge in [-0.05, 0) is 24.3 Å². The second-order valence-corrected chi connectivity index (χ2v) is 3.80. The Labute approximate surface area is 107 Å². The van der Waals surface area contributed by atoms with Crippen molar-refractivity contribution in [2.75, 3.05) is 7.11 Å². The lowest BCUT2D eigenvalue weighted by Crippen LogP contribution is -2.10. The number of aromatic carboxylic acids is 1. The fraction of sp³-hybridized carbons (Fsp3) is 0.0769. The highest BCUT2D eigenvalue weighted by Crippen LogP contribution is 2.29. The van der Waals surface area contributed by atoms with Gasteiger partial charge in [0, 0.05) is 11.6 Å². The highest BCUT2D eigenvalue weighted by molar-refractivity contribution is 5.89. The van der Waals surface area contributed by atoms with Gasteiger partial charge in [0.25, 0.3) is 0 Å². The molecule has 1 aromatic heterocycles. The summed E-state index contributed by atoms with van der Waals surface area (Å²) in [5.74, 6) is -1.42. The van der Waals surface area contributed by atoms with Gasteiger partial charge >= 0.3 is 5.97 Å². The number of halogens is 1. The van der Waals surface area contributed by atoms with Crippen LogP contribution < -0.4 is 10.3 Å². The number of H-pyrrole nitrogens is 1. The standard InChI is InChI=1S/C13H10FNO4/c1-19-11-3-2-8(14)6-9(11)10-4-7(13(17)18)5-12(16)15-10/h2-6H,1H3,(H,15,16)(H,17,18). The fourth-order valence-corrected chi connectivity index (χ4v) is 1.70. The molecular weight excluding hydrogens is 253 g/mol. The lowest BCUT2D eigenvalue weighted by molar-refractivity contribution is 0.0696. The normalized spacial score (nSPS) is 10.2. The summed E-state index contributed by atoms with van der Waals surface area (Å²) in [6.07, 6.45) is 0. The smallest absolute Gasteiger partial charge is 0.335 e. The number of pyridine rings is 1. The van der Waals surface area contributed by atoms with Gasteiger partial charge in [-0.2, -0.15) is 0 Å². The monoisotopic (exact) mass is 263 g/mol. The van der Waals surface area contributed by atoms with Gasteiger partial charge in [-0.1, -0.05) is 0 Å². The van der Waals surface area contributed by atoms with E-state index in [0.717, 1.165) is 12.1 Å². The molecule has 2 N–H and O–H groups in total. The summed E-state index contributed by atoms with van der Waals surface area (Å²) in [7, 11) is 1.40. The summed E-state index contributed by atoms with van der Waals surface area (Å²) in [5.41, 5.74) is -0.296. The number of carbonyl (C=O) groups is 1. The average Bonchev–Trinajstić information content (AvgIpc) is 2.37. The first-order valence-corrected chi connectivity index (χ1v) is 5.33. The first kappa shape index (κ1) is 12.8. The first-order valence-electron chi connectivity index (χ1n) is 5.33. The summed E-state index contributed by atoms with van der Waals surface area (Å²) >= 11 is 0. The van der Waals surface area contributed by atoms with Gasteiger partial charge < -0.3 is 14.8 Å². The van der Waals surface area contributed by atoms with Crippen LogP contribution in [0.4, 0.5) is 4.39 Å². The van der Waals surface area contributed by atoms with Crippen LogP contribution in [-0.2, 0) is 0 Å². The second-order valence-electron chi connectivity index (χ2n) is 3.80. The summed E-state index contributed by atoms with van der Waals surface area (Å²) in [6.45, 7) is 0. The molecule has 2 aromatic rings. The Kier molecular flexibility index (Phi) is 3.33. The van der Waals surface area contributed by atoms with Gasteiger partial charge in [-0.25, -0.2) is 9.18 Å². The highest BCUT2D eigenvalue weighted by Gasteiger charge is 2.12. The predicted octanol–water partition coefficient (Wildman–Crippen LogP) is 1.89. The number of methoxy groups -OCH3 is 1. The van der Waals surface area contributed by atoms with E-state index in [1.807, 2.05) is 0 Å². The molecule has 6 heteroatoms. The molecule has 0 saturated carbocycles. The Morgan fingerprint density at radius 1 is 1.32 bits per heavy atom. The molecule has 0 atom stereocenters. The molecule has 0 bridgehead atoms. The molecule has 0 fully saturated rings. The maximum atomic E-state index is 13.3. The third-order valence-corrected chi connectivity index (χ3v) is 2.54. The molecule has 2 rings (SSSR count). The van der Waals surface area contributed by atoms with Gasteiger partial charge in [0.05, 0.1) is 18.4 Å². The van der Waals surface area contributed by atoms with Crippen molar-refractivity contribution in [1.82, 2.24) is 4.98 Å². The molecular formula is C13H10FNO4. The minimum absolute atomic E-state index is 0.176. The Hall–Kier alpha value is -2.63. The number of ether oxygens (including phenoxy) is 1. The van der Waals surface area contributed by atoms with Crippen LogP contribution in [0.3, 0.4) is 0 Å². The van der Waals surface area contributed by atoms with Crippen LogP contribution in [0.15, 0.2) is 35.1 Å². The van der Waals surface area contributed by atoms with Crippen molar-refractivity contribution >= 4 is 5.97 Å². The van der Waals surface area contributed by atoms with Crippen molar-refractivity contribution in [2.24, 2.45) is 0 Å². The van der Waals surface area contributed by atoms with E-state index in [4.69, 9.17) is 9.84 Å². The Morgan fingerprint density at radius 2 is 2.05 bits per heavy atom. The van der Waals surface area contributed by atoms with E-state index in [0.29, 0.717) is 5.75 Å². The van der Waals surface area contributed by atoms with E-state index in [2.05, 4.69) is 4.98 Å². The Morgan fingerprint density at radius 3 is 2.68 bits per heavy atom. The summed E-state index contributed by atoms with van der Waals surface area (Å²) in [6, 6.07) is 5.98. The third-order valence-electron chi connectivity index (χ3n) is 2.54. The summed E-state index contributed by atoms with van der Waals surface area (Å²) in [5, 5.41) is 8.90. The van der Waals surface area contributed by atoms with Crippen LogP contribution in [0, 0.1) is 5.82 Å². The maximum absolute atomic E-state index is 13.3. The van der Waals surface area contributed by atoms with Gasteiger partial charge in [0.2, 0.25) is 5.56 Å². The number of nitrogens with one attached hydrogen (secondary N) is 1. The van der Waals surface area contributed by atoms with E-state index in [1.165, 1.54) is 25.3 Å². The van der Waals surface area contributed by atoms with E-state index < -0.39 is 17.3 Å². The van der Waals surface area contributed by atoms with E-state index >= 15 is 0 Å². The molecule has 0 amide bonds. The summed E-state index contributed by atoms with van der Waals surface area (Å²) in [4.78, 5) is 24.8. The maximum Gasteiger partial charge on any atom is 0.335 e. The number of rotatable bonds is 3. The van der Waals surface area contributed by atoms with E-state index in [9.17, 15) is 14.0 Å². The minimum atomic E-state index is -1.23. The van der Waals surface area contributed by atoms with Gasteiger partial charge in [0.1, 0.15) is 11.6 Å². The topological polar surface area (TPSA) is 79.4 Å². The van der Waals surface area contributed by atoms with Crippen LogP contribution in [0.5, 0.6) is 5.75 Å². The largest absolute Gasteiger partial charge is 0.496 e. The third kappa shape index (κ3) is 2.62. The molecule has 1 aromatic carbocycles. The van der Waals surface area contributed by atoms with Crippen molar-refractivity contribution in [1.29, 1.82) is 0 Å². The molecule has 0 aliphatic rings. The Balaban J connectivity index is 2.68. The van der Waals surface area contributed by atoms with Gasteiger partial charge in [-0.15, -0.1) is 0 Å². The van der Waals surface area contributed by atoms with Crippen molar-refractivity contribution in [3.8, 4) is 17.0 Å². The first-order chi connectivity index (χ1) is 9.01. The zero-order valence-electron chi connectivity index (χ0n) is 9.94. The number of hydrogen-bond donors (Lipinski definition) is 2. The zero-order chi connectivity index (χ0) is 14.0. The van der Waals surface area contributed by atoms with Crippen molar-refractivity contribution in [3.05, 3.63) is 52.1 Å². The van der Waals surface area contributed by atoms with Crippen LogP contribution in [0.2, 0.25) is 0 Å². The molecule has 0 aliphatic carbocycles. The van der Waals surface area contributed by atoms with Crippen molar-refractivity contribution in [2.45, 2.75) is 0 Å². The number of aromatic amines is 1. The quantitative estimate of drug-likeness (QED) is 0.886. The van der Waals surface area contributed by atoms with Crippen LogP contribution in [0.1, 0.15) is 10.4 Å². The minimum Gasteiger partial charge on any atom is -0.496 e. The number of hydrogen-bond acceptors (Lipinski definition) is 3. The molecule has 0 spiro atoms. The molecule has 0 radical (unpaired) electrons. The molecule has 0 saturated heterocycles. The van der Waals surface area contributed by atoms with Crippen molar-refractivity contribution in [3.63, 3.8) is 0 Å². The molecule has 0 unspecified atom stereocenters. The second kappa shape index (κ2) is 4.93. The zero-order valence-corrected chi connectivity index (χ0v) is 9.94. The van der Waals surface area contributed by atoms with E-state index in [-0.39, 0.29) is 16.8 Å². The number of carboxylic acid groups (broad SMARTS) is 1.